The summed E-state index contributed by atoms with van der Waals surface area (Å²) in [4.78, 5) is 2.44. The summed E-state index contributed by atoms with van der Waals surface area (Å²) >= 11 is 0.185. The number of hydrogen-bond acceptors (Lipinski definition) is 8. The fourth-order valence-electron chi connectivity index (χ4n) is 3.99. The van der Waals surface area contributed by atoms with E-state index in [1.807, 2.05) is 26.8 Å². The van der Waals surface area contributed by atoms with Crippen LogP contribution in [0, 0.1) is 0 Å². The van der Waals surface area contributed by atoms with Crippen molar-refractivity contribution in [3.8, 4) is 0 Å². The Labute approximate surface area is 181 Å². The van der Waals surface area contributed by atoms with Crippen molar-refractivity contribution in [2.75, 3.05) is 19.6 Å². The van der Waals surface area contributed by atoms with Crippen molar-refractivity contribution in [3.63, 3.8) is 0 Å². The number of fused-ring (bicyclic) bond motifs is 2. The van der Waals surface area contributed by atoms with Gasteiger partial charge in [0.05, 0.1) is 6.04 Å². The highest BCUT2D eigenvalue weighted by molar-refractivity contribution is 8.00. The number of ether oxygens (including phenoxy) is 1. The molecule has 0 aliphatic carbocycles. The lowest BCUT2D eigenvalue weighted by Crippen LogP contribution is -2.63. The molecule has 4 N–H and O–H groups in total. The van der Waals surface area contributed by atoms with Gasteiger partial charge in [0, 0.05) is 23.2 Å². The number of thioether (sulfide) groups is 1. The van der Waals surface area contributed by atoms with Crippen molar-refractivity contribution >= 4 is 23.1 Å². The number of allylic oxidation sites excluding steroid dienone is 1. The maximum Gasteiger partial charge on any atom is 0.136 e. The van der Waals surface area contributed by atoms with Gasteiger partial charge in [-0.25, -0.2) is 0 Å². The van der Waals surface area contributed by atoms with Crippen LogP contribution in [0.4, 0.5) is 0 Å². The Morgan fingerprint density at radius 1 is 1.10 bits per heavy atom. The van der Waals surface area contributed by atoms with Crippen LogP contribution in [0.1, 0.15) is 46.5 Å². The molecule has 3 aliphatic heterocycles. The number of nitrogens with zero attached hydrogens (tertiary/aromatic N) is 1. The van der Waals surface area contributed by atoms with Crippen molar-refractivity contribution in [1.82, 2.24) is 9.62 Å². The number of rotatable bonds is 4. The SMILES string of the molecule is CC(C)(C)[S+]([O-])N[C@@H]1C/C=C\C[C@@H](CN2CCCC2)SC2O[C@H]1C(O)C(O)[C@H]2O. The summed E-state index contributed by atoms with van der Waals surface area (Å²) < 4.78 is 21.4. The number of nitrogens with one attached hydrogen (secondary N) is 1. The minimum absolute atomic E-state index is 0.236. The minimum atomic E-state index is -1.35. The van der Waals surface area contributed by atoms with E-state index in [1.54, 1.807) is 0 Å². The lowest BCUT2D eigenvalue weighted by Gasteiger charge is -2.44. The molecule has 0 spiro atoms. The lowest BCUT2D eigenvalue weighted by molar-refractivity contribution is -0.203. The average Bonchev–Trinajstić information content (AvgIpc) is 3.16. The first kappa shape index (κ1) is 23.8. The summed E-state index contributed by atoms with van der Waals surface area (Å²) in [7, 11) is 0. The molecule has 4 unspecified atom stereocenters. The van der Waals surface area contributed by atoms with E-state index in [0.29, 0.717) is 6.42 Å². The number of hydrogen-bond donors (Lipinski definition) is 4. The van der Waals surface area contributed by atoms with E-state index < -0.39 is 52.0 Å². The van der Waals surface area contributed by atoms with Gasteiger partial charge in [0.15, 0.2) is 0 Å². The van der Waals surface area contributed by atoms with E-state index in [-0.39, 0.29) is 5.25 Å². The molecule has 0 aromatic rings. The van der Waals surface area contributed by atoms with E-state index in [4.69, 9.17) is 4.74 Å². The van der Waals surface area contributed by atoms with Crippen molar-refractivity contribution in [2.45, 2.75) is 92.3 Å². The fourth-order valence-corrected chi connectivity index (χ4v) is 6.26. The molecule has 8 atom stereocenters. The number of aliphatic hydroxyl groups excluding tert-OH is 3. The monoisotopic (exact) mass is 448 g/mol. The van der Waals surface area contributed by atoms with Crippen LogP contribution in [0.3, 0.4) is 0 Å². The van der Waals surface area contributed by atoms with Crippen LogP contribution in [0.2, 0.25) is 0 Å². The Balaban J connectivity index is 1.77. The Kier molecular flexibility index (Phi) is 8.36. The highest BCUT2D eigenvalue weighted by Crippen LogP contribution is 2.35. The number of aliphatic hydroxyl groups is 3. The molecule has 3 aliphatic rings. The molecule has 29 heavy (non-hydrogen) atoms. The highest BCUT2D eigenvalue weighted by atomic mass is 32.2. The van der Waals surface area contributed by atoms with Gasteiger partial charge in [-0.05, 0) is 59.5 Å². The van der Waals surface area contributed by atoms with Gasteiger partial charge in [0.1, 0.15) is 34.6 Å². The number of likely N-dealkylation sites (tertiary alicyclic amines) is 1. The van der Waals surface area contributed by atoms with Gasteiger partial charge >= 0.3 is 0 Å². The molecule has 3 heterocycles. The van der Waals surface area contributed by atoms with E-state index in [0.717, 1.165) is 26.1 Å². The Bertz CT molecular complexity index is 555. The molecule has 2 fully saturated rings. The van der Waals surface area contributed by atoms with Gasteiger partial charge in [-0.2, -0.15) is 0 Å². The Hall–Kier alpha value is 0.160. The zero-order chi connectivity index (χ0) is 21.2. The van der Waals surface area contributed by atoms with E-state index in [2.05, 4.69) is 15.7 Å². The topological polar surface area (TPSA) is 108 Å². The van der Waals surface area contributed by atoms with Crippen molar-refractivity contribution in [2.24, 2.45) is 0 Å². The van der Waals surface area contributed by atoms with Crippen molar-refractivity contribution in [1.29, 1.82) is 0 Å². The molecule has 0 aromatic heterocycles. The van der Waals surface area contributed by atoms with Gasteiger partial charge in [-0.3, -0.25) is 0 Å². The van der Waals surface area contributed by atoms with E-state index in [1.165, 1.54) is 24.6 Å². The summed E-state index contributed by atoms with van der Waals surface area (Å²) in [5.74, 6) is 0. The minimum Gasteiger partial charge on any atom is -0.598 e. The second-order valence-electron chi connectivity index (χ2n) is 9.25. The predicted octanol–water partition coefficient (Wildman–Crippen LogP) is 0.762. The Morgan fingerprint density at radius 2 is 1.76 bits per heavy atom. The maximum atomic E-state index is 12.7. The molecule has 2 bridgehead atoms. The summed E-state index contributed by atoms with van der Waals surface area (Å²) in [6.07, 6.45) is 3.53. The second-order valence-corrected chi connectivity index (χ2v) is 12.7. The first-order chi connectivity index (χ1) is 13.7. The smallest absolute Gasteiger partial charge is 0.136 e. The van der Waals surface area contributed by atoms with Crippen LogP contribution in [0.25, 0.3) is 0 Å². The third kappa shape index (κ3) is 6.11. The van der Waals surface area contributed by atoms with Crippen molar-refractivity contribution in [3.05, 3.63) is 12.2 Å². The lowest BCUT2D eigenvalue weighted by atomic mass is 9.93. The predicted molar refractivity (Wildman–Crippen MR) is 117 cm³/mol. The molecule has 7 nitrogen and oxygen atoms in total. The third-order valence-corrected chi connectivity index (χ3v) is 8.77. The quantitative estimate of drug-likeness (QED) is 0.369. The average molecular weight is 449 g/mol. The second kappa shape index (κ2) is 10.2. The maximum absolute atomic E-state index is 12.7. The first-order valence-electron chi connectivity index (χ1n) is 10.6. The largest absolute Gasteiger partial charge is 0.598 e. The van der Waals surface area contributed by atoms with Crippen LogP contribution in [-0.2, 0) is 16.1 Å². The molecule has 168 valence electrons. The van der Waals surface area contributed by atoms with Crippen LogP contribution in [0.15, 0.2) is 12.2 Å². The van der Waals surface area contributed by atoms with Gasteiger partial charge in [0.2, 0.25) is 0 Å². The van der Waals surface area contributed by atoms with Gasteiger partial charge in [-0.15, -0.1) is 16.5 Å². The standard InChI is InChI=1S/C20H36N2O5S2/c1-20(2,3)29(26)21-14-9-5-4-8-13(12-22-10-6-7-11-22)28-19-17(25)15(23)16(24)18(14)27-19/h4-5,13-19,21,23-25H,6-12H2,1-3H3/b5-4-/t13-,14+,15?,16?,17+,18+,19?,29?/m0/s1. The molecule has 0 aromatic carbocycles. The van der Waals surface area contributed by atoms with Crippen LogP contribution in [-0.4, -0.2) is 90.3 Å². The summed E-state index contributed by atoms with van der Waals surface area (Å²) in [6.45, 7) is 8.76. The third-order valence-electron chi connectivity index (χ3n) is 5.76. The zero-order valence-electron chi connectivity index (χ0n) is 17.6. The molecule has 3 rings (SSSR count). The van der Waals surface area contributed by atoms with Gasteiger partial charge in [0.25, 0.3) is 0 Å². The summed E-state index contributed by atoms with van der Waals surface area (Å²) in [6, 6.07) is -0.429. The molecular weight excluding hydrogens is 412 g/mol. The van der Waals surface area contributed by atoms with Crippen LogP contribution in [0.5, 0.6) is 0 Å². The molecule has 0 amide bonds. The molecule has 0 saturated carbocycles. The molecule has 0 radical (unpaired) electrons. The van der Waals surface area contributed by atoms with E-state index >= 15 is 0 Å². The zero-order valence-corrected chi connectivity index (χ0v) is 19.2. The molecule has 2 saturated heterocycles. The Morgan fingerprint density at radius 3 is 2.41 bits per heavy atom. The molecular formula is C20H36N2O5S2. The van der Waals surface area contributed by atoms with Crippen molar-refractivity contribution < 1.29 is 24.6 Å². The van der Waals surface area contributed by atoms with Gasteiger partial charge < -0.3 is 29.5 Å². The van der Waals surface area contributed by atoms with Gasteiger partial charge in [-0.1, -0.05) is 12.2 Å². The fraction of sp³-hybridized carbons (Fsp3) is 0.900. The van der Waals surface area contributed by atoms with Crippen LogP contribution >= 0.6 is 11.8 Å². The summed E-state index contributed by atoms with van der Waals surface area (Å²) in [5.41, 5.74) is -0.634. The molecule has 9 heteroatoms. The highest BCUT2D eigenvalue weighted by Gasteiger charge is 2.48. The first-order valence-corrected chi connectivity index (χ1v) is 12.7. The van der Waals surface area contributed by atoms with Crippen LogP contribution < -0.4 is 4.72 Å². The summed E-state index contributed by atoms with van der Waals surface area (Å²) in [5, 5.41) is 31.9. The normalized spacial score (nSPS) is 41.8. The van der Waals surface area contributed by atoms with E-state index in [9.17, 15) is 19.9 Å².